The summed E-state index contributed by atoms with van der Waals surface area (Å²) in [7, 11) is 0. The molecule has 0 aliphatic heterocycles. The van der Waals surface area contributed by atoms with Crippen LogP contribution in [0.3, 0.4) is 0 Å². The highest BCUT2D eigenvalue weighted by Gasteiger charge is 2.25. The predicted molar refractivity (Wildman–Crippen MR) is 122 cm³/mol. The Bertz CT molecular complexity index is 1240. The molecule has 2 heterocycles. The molecule has 32 heavy (non-hydrogen) atoms. The van der Waals surface area contributed by atoms with Crippen molar-refractivity contribution in [3.05, 3.63) is 80.5 Å². The minimum absolute atomic E-state index is 0.0910. The van der Waals surface area contributed by atoms with Crippen molar-refractivity contribution in [2.75, 3.05) is 5.32 Å². The smallest absolute Gasteiger partial charge is 0.373 e. The fourth-order valence-corrected chi connectivity index (χ4v) is 3.63. The Morgan fingerprint density at radius 1 is 1.09 bits per heavy atom. The third-order valence-corrected chi connectivity index (χ3v) is 5.66. The van der Waals surface area contributed by atoms with Crippen LogP contribution < -0.4 is 10.1 Å². The Morgan fingerprint density at radius 2 is 1.81 bits per heavy atom. The van der Waals surface area contributed by atoms with Gasteiger partial charge < -0.3 is 10.1 Å². The van der Waals surface area contributed by atoms with Gasteiger partial charge in [-0.25, -0.2) is 4.98 Å². The molecule has 0 aliphatic rings. The maximum atomic E-state index is 11.8. The highest BCUT2D eigenvalue weighted by atomic mass is 32.1. The SMILES string of the molecule is Cc1cc(Oc2ncnc(NCc3ccc(-c4csnn4)cc3)c2[N+](=O)[O-])cc(C)c1C. The predicted octanol–water partition coefficient (Wildman–Crippen LogP) is 5.23. The molecule has 4 aromatic rings. The lowest BCUT2D eigenvalue weighted by atomic mass is 10.0. The van der Waals surface area contributed by atoms with Gasteiger partial charge in [-0.3, -0.25) is 10.1 Å². The Hall–Kier alpha value is -3.92. The van der Waals surface area contributed by atoms with Crippen LogP contribution in [0, 0.1) is 30.9 Å². The van der Waals surface area contributed by atoms with E-state index in [0.717, 1.165) is 33.5 Å². The molecule has 162 valence electrons. The van der Waals surface area contributed by atoms with Crippen LogP contribution in [0.2, 0.25) is 0 Å². The highest BCUT2D eigenvalue weighted by Crippen LogP contribution is 2.35. The molecule has 0 atom stereocenters. The maximum absolute atomic E-state index is 11.8. The topological polar surface area (TPSA) is 116 Å². The number of rotatable bonds is 7. The van der Waals surface area contributed by atoms with Crippen molar-refractivity contribution in [2.24, 2.45) is 0 Å². The molecule has 10 heteroatoms. The average Bonchev–Trinajstić information content (AvgIpc) is 3.31. The molecule has 2 aromatic carbocycles. The minimum atomic E-state index is -0.538. The van der Waals surface area contributed by atoms with E-state index in [1.54, 1.807) is 0 Å². The van der Waals surface area contributed by atoms with E-state index in [1.807, 2.05) is 62.5 Å². The Morgan fingerprint density at radius 3 is 2.44 bits per heavy atom. The van der Waals surface area contributed by atoms with Gasteiger partial charge in [-0.1, -0.05) is 28.8 Å². The number of aromatic nitrogens is 4. The Kier molecular flexibility index (Phi) is 6.04. The molecule has 0 spiro atoms. The van der Waals surface area contributed by atoms with Crippen molar-refractivity contribution < 1.29 is 9.66 Å². The summed E-state index contributed by atoms with van der Waals surface area (Å²) in [5, 5.41) is 20.7. The first-order valence-electron chi connectivity index (χ1n) is 9.77. The normalized spacial score (nSPS) is 10.7. The molecule has 0 saturated carbocycles. The fourth-order valence-electron chi connectivity index (χ4n) is 3.17. The van der Waals surface area contributed by atoms with E-state index >= 15 is 0 Å². The maximum Gasteiger partial charge on any atom is 0.373 e. The summed E-state index contributed by atoms with van der Waals surface area (Å²) in [5.41, 5.74) is 5.60. The third kappa shape index (κ3) is 4.54. The number of anilines is 1. The molecule has 9 nitrogen and oxygen atoms in total. The Labute approximate surface area is 188 Å². The van der Waals surface area contributed by atoms with Crippen LogP contribution in [0.1, 0.15) is 22.3 Å². The number of hydrogen-bond acceptors (Lipinski definition) is 9. The second-order valence-corrected chi connectivity index (χ2v) is 7.87. The molecule has 0 aliphatic carbocycles. The van der Waals surface area contributed by atoms with Gasteiger partial charge in [-0.05, 0) is 66.7 Å². The zero-order valence-corrected chi connectivity index (χ0v) is 18.5. The number of nitrogens with zero attached hydrogens (tertiary/aromatic N) is 5. The van der Waals surface area contributed by atoms with E-state index in [0.29, 0.717) is 12.3 Å². The van der Waals surface area contributed by atoms with Gasteiger partial charge in [0.2, 0.25) is 5.82 Å². The van der Waals surface area contributed by atoms with Gasteiger partial charge in [0.05, 0.1) is 4.92 Å². The quantitative estimate of drug-likeness (QED) is 0.302. The van der Waals surface area contributed by atoms with E-state index in [-0.39, 0.29) is 17.4 Å². The zero-order valence-electron chi connectivity index (χ0n) is 17.7. The second-order valence-electron chi connectivity index (χ2n) is 7.26. The van der Waals surface area contributed by atoms with Crippen molar-refractivity contribution in [3.63, 3.8) is 0 Å². The number of ether oxygens (including phenoxy) is 1. The van der Waals surface area contributed by atoms with Gasteiger partial charge in [0.25, 0.3) is 0 Å². The summed E-state index contributed by atoms with van der Waals surface area (Å²) < 4.78 is 9.66. The highest BCUT2D eigenvalue weighted by molar-refractivity contribution is 7.03. The molecule has 0 fully saturated rings. The lowest BCUT2D eigenvalue weighted by Gasteiger charge is -2.12. The summed E-state index contributed by atoms with van der Waals surface area (Å²) in [6, 6.07) is 11.4. The van der Waals surface area contributed by atoms with Crippen LogP contribution in [-0.2, 0) is 6.54 Å². The molecule has 0 unspecified atom stereocenters. The van der Waals surface area contributed by atoms with E-state index in [4.69, 9.17) is 4.74 Å². The average molecular weight is 449 g/mol. The first-order chi connectivity index (χ1) is 15.4. The molecular weight excluding hydrogens is 428 g/mol. The summed E-state index contributed by atoms with van der Waals surface area (Å²) in [4.78, 5) is 19.3. The van der Waals surface area contributed by atoms with Crippen LogP contribution in [0.15, 0.2) is 48.1 Å². The second kappa shape index (κ2) is 9.06. The van der Waals surface area contributed by atoms with Crippen LogP contribution in [0.5, 0.6) is 11.6 Å². The van der Waals surface area contributed by atoms with Crippen LogP contribution in [0.4, 0.5) is 11.5 Å². The van der Waals surface area contributed by atoms with Crippen molar-refractivity contribution >= 4 is 23.0 Å². The summed E-state index contributed by atoms with van der Waals surface area (Å²) in [6.45, 7) is 6.29. The molecule has 1 N–H and O–H groups in total. The Balaban J connectivity index is 1.55. The summed E-state index contributed by atoms with van der Waals surface area (Å²) in [6.07, 6.45) is 1.25. The van der Waals surface area contributed by atoms with E-state index in [9.17, 15) is 10.1 Å². The number of aryl methyl sites for hydroxylation is 2. The standard InChI is InChI=1S/C22H20N6O3S/c1-13-8-18(9-14(2)15(13)3)31-22-20(28(29)30)21(24-12-25-22)23-10-16-4-6-17(7-5-16)19-11-32-27-26-19/h4-9,11-12H,10H2,1-3H3,(H,23,24,25). The minimum Gasteiger partial charge on any atom is -0.434 e. The monoisotopic (exact) mass is 448 g/mol. The number of benzene rings is 2. The van der Waals surface area contributed by atoms with Gasteiger partial charge in [0.15, 0.2) is 0 Å². The van der Waals surface area contributed by atoms with Gasteiger partial charge >= 0.3 is 11.6 Å². The van der Waals surface area contributed by atoms with Crippen molar-refractivity contribution in [1.82, 2.24) is 19.6 Å². The molecule has 2 aromatic heterocycles. The molecule has 0 radical (unpaired) electrons. The summed E-state index contributed by atoms with van der Waals surface area (Å²) >= 11 is 1.29. The lowest BCUT2D eigenvalue weighted by Crippen LogP contribution is -2.07. The van der Waals surface area contributed by atoms with Crippen LogP contribution in [0.25, 0.3) is 11.3 Å². The molecule has 0 amide bonds. The van der Waals surface area contributed by atoms with Crippen LogP contribution in [-0.4, -0.2) is 24.5 Å². The van der Waals surface area contributed by atoms with Crippen molar-refractivity contribution in [1.29, 1.82) is 0 Å². The molecule has 0 saturated heterocycles. The van der Waals surface area contributed by atoms with Crippen molar-refractivity contribution in [2.45, 2.75) is 27.3 Å². The molecule has 0 bridgehead atoms. The summed E-state index contributed by atoms with van der Waals surface area (Å²) in [5.74, 6) is 0.473. The van der Waals surface area contributed by atoms with E-state index in [1.165, 1.54) is 17.9 Å². The van der Waals surface area contributed by atoms with Gasteiger partial charge in [-0.2, -0.15) is 4.98 Å². The van der Waals surface area contributed by atoms with E-state index in [2.05, 4.69) is 24.9 Å². The van der Waals surface area contributed by atoms with E-state index < -0.39 is 4.92 Å². The zero-order chi connectivity index (χ0) is 22.7. The third-order valence-electron chi connectivity index (χ3n) is 5.16. The van der Waals surface area contributed by atoms with Gasteiger partial charge in [0.1, 0.15) is 17.8 Å². The molecule has 4 rings (SSSR count). The van der Waals surface area contributed by atoms with Gasteiger partial charge in [0, 0.05) is 17.5 Å². The first kappa shape index (κ1) is 21.3. The fraction of sp³-hybridized carbons (Fsp3) is 0.182. The first-order valence-corrected chi connectivity index (χ1v) is 10.6. The number of nitrogens with one attached hydrogen (secondary N) is 1. The number of hydrogen-bond donors (Lipinski definition) is 1. The van der Waals surface area contributed by atoms with Crippen LogP contribution >= 0.6 is 11.5 Å². The largest absolute Gasteiger partial charge is 0.434 e. The number of nitro groups is 1. The van der Waals surface area contributed by atoms with Gasteiger partial charge in [-0.15, -0.1) is 5.10 Å². The van der Waals surface area contributed by atoms with Crippen molar-refractivity contribution in [3.8, 4) is 22.9 Å². The lowest BCUT2D eigenvalue weighted by molar-refractivity contribution is -0.385. The molecular formula is C22H20N6O3S.